The zero-order chi connectivity index (χ0) is 18.3. The molecule has 1 aromatic carbocycles. The SMILES string of the molecule is Cc1c(F)c(S(=O)(=O)O)c(F)c(S(=O)(=O)O)c1Nc1ncncn1. The molecule has 0 fully saturated rings. The zero-order valence-electron chi connectivity index (χ0n) is 11.6. The van der Waals surface area contributed by atoms with Crippen LogP contribution in [-0.2, 0) is 20.2 Å². The van der Waals surface area contributed by atoms with Crippen molar-refractivity contribution in [3.8, 4) is 0 Å². The summed E-state index contributed by atoms with van der Waals surface area (Å²) in [6.07, 6.45) is 1.97. The first kappa shape index (κ1) is 18.1. The van der Waals surface area contributed by atoms with Gasteiger partial charge in [-0.2, -0.15) is 16.8 Å². The molecule has 14 heteroatoms. The predicted octanol–water partition coefficient (Wildman–Crippen LogP) is 0.695. The molecule has 10 nitrogen and oxygen atoms in total. The minimum absolute atomic E-state index is 0.337. The van der Waals surface area contributed by atoms with Crippen molar-refractivity contribution in [3.05, 3.63) is 29.9 Å². The Labute approximate surface area is 134 Å². The summed E-state index contributed by atoms with van der Waals surface area (Å²) in [7, 11) is -10.8. The summed E-state index contributed by atoms with van der Waals surface area (Å²) in [5.74, 6) is -4.28. The summed E-state index contributed by atoms with van der Waals surface area (Å²) in [6.45, 7) is 0.891. The van der Waals surface area contributed by atoms with Crippen molar-refractivity contribution in [2.45, 2.75) is 16.7 Å². The summed E-state index contributed by atoms with van der Waals surface area (Å²) in [4.78, 5) is 7.07. The molecule has 0 atom stereocenters. The van der Waals surface area contributed by atoms with Gasteiger partial charge in [0, 0.05) is 5.56 Å². The van der Waals surface area contributed by atoms with E-state index < -0.39 is 52.9 Å². The molecular weight excluding hydrogens is 374 g/mol. The highest BCUT2D eigenvalue weighted by molar-refractivity contribution is 7.86. The van der Waals surface area contributed by atoms with E-state index in [0.29, 0.717) is 0 Å². The molecule has 130 valence electrons. The number of benzene rings is 1. The maximum atomic E-state index is 14.3. The summed E-state index contributed by atoms with van der Waals surface area (Å²) >= 11 is 0. The molecule has 0 aliphatic heterocycles. The van der Waals surface area contributed by atoms with E-state index in [0.717, 1.165) is 19.6 Å². The number of nitrogens with zero attached hydrogens (tertiary/aromatic N) is 3. The van der Waals surface area contributed by atoms with Gasteiger partial charge in [-0.3, -0.25) is 9.11 Å². The van der Waals surface area contributed by atoms with Crippen LogP contribution < -0.4 is 5.32 Å². The highest BCUT2D eigenvalue weighted by Crippen LogP contribution is 2.36. The maximum absolute atomic E-state index is 14.3. The lowest BCUT2D eigenvalue weighted by atomic mass is 10.2. The summed E-state index contributed by atoms with van der Waals surface area (Å²) in [6, 6.07) is 0. The highest BCUT2D eigenvalue weighted by Gasteiger charge is 2.35. The number of hydrogen-bond donors (Lipinski definition) is 3. The minimum Gasteiger partial charge on any atom is -0.322 e. The third-order valence-electron chi connectivity index (χ3n) is 2.78. The minimum atomic E-state index is -5.45. The average molecular weight is 382 g/mol. The van der Waals surface area contributed by atoms with Crippen molar-refractivity contribution in [1.29, 1.82) is 0 Å². The molecule has 24 heavy (non-hydrogen) atoms. The van der Waals surface area contributed by atoms with Gasteiger partial charge in [0.05, 0.1) is 5.69 Å². The van der Waals surface area contributed by atoms with Crippen LogP contribution in [0.5, 0.6) is 0 Å². The molecule has 0 spiro atoms. The topological polar surface area (TPSA) is 159 Å². The van der Waals surface area contributed by atoms with Crippen molar-refractivity contribution in [3.63, 3.8) is 0 Å². The Balaban J connectivity index is 2.90. The van der Waals surface area contributed by atoms with E-state index >= 15 is 0 Å². The molecule has 0 saturated heterocycles. The molecule has 3 N–H and O–H groups in total. The van der Waals surface area contributed by atoms with E-state index in [1.807, 2.05) is 0 Å². The number of anilines is 2. The Bertz CT molecular complexity index is 1010. The monoisotopic (exact) mass is 382 g/mol. The van der Waals surface area contributed by atoms with E-state index in [-0.39, 0.29) is 5.95 Å². The second kappa shape index (κ2) is 5.97. The molecule has 2 rings (SSSR count). The number of hydrogen-bond acceptors (Lipinski definition) is 8. The molecule has 1 aromatic heterocycles. The van der Waals surface area contributed by atoms with Gasteiger partial charge in [-0.1, -0.05) is 0 Å². The molecule has 0 bridgehead atoms. The van der Waals surface area contributed by atoms with E-state index in [2.05, 4.69) is 20.3 Å². The van der Waals surface area contributed by atoms with Crippen LogP contribution in [-0.4, -0.2) is 40.9 Å². The fourth-order valence-electron chi connectivity index (χ4n) is 1.79. The van der Waals surface area contributed by atoms with Crippen molar-refractivity contribution < 1.29 is 34.7 Å². The number of rotatable bonds is 4. The summed E-state index contributed by atoms with van der Waals surface area (Å²) in [5.41, 5.74) is -1.57. The Kier molecular flexibility index (Phi) is 4.49. The van der Waals surface area contributed by atoms with Crippen LogP contribution in [0.1, 0.15) is 5.56 Å². The van der Waals surface area contributed by atoms with Gasteiger partial charge >= 0.3 is 0 Å². The molecule has 1 heterocycles. The Morgan fingerprint density at radius 1 is 0.958 bits per heavy atom. The molecule has 0 aliphatic rings. The van der Waals surface area contributed by atoms with Crippen LogP contribution >= 0.6 is 0 Å². The maximum Gasteiger partial charge on any atom is 0.300 e. The molecule has 0 saturated carbocycles. The standard InChI is InChI=1S/C10H8F2N4O6S2/c1-4-5(11)8(23(17,18)19)6(12)9(24(20,21)22)7(4)16-10-14-2-13-3-15-10/h2-3H,1H3,(H,17,18,19)(H,20,21,22)(H,13,14,15,16). The first-order valence-electron chi connectivity index (χ1n) is 5.80. The molecule has 0 radical (unpaired) electrons. The van der Waals surface area contributed by atoms with Crippen LogP contribution in [0.2, 0.25) is 0 Å². The smallest absolute Gasteiger partial charge is 0.300 e. The normalized spacial score (nSPS) is 12.2. The second-order valence-electron chi connectivity index (χ2n) is 4.32. The Morgan fingerprint density at radius 3 is 1.92 bits per heavy atom. The van der Waals surface area contributed by atoms with Gasteiger partial charge in [0.25, 0.3) is 20.2 Å². The van der Waals surface area contributed by atoms with Crippen molar-refractivity contribution in [2.75, 3.05) is 5.32 Å². The van der Waals surface area contributed by atoms with Crippen molar-refractivity contribution in [2.24, 2.45) is 0 Å². The van der Waals surface area contributed by atoms with Gasteiger partial charge in [-0.05, 0) is 6.92 Å². The van der Waals surface area contributed by atoms with Gasteiger partial charge in [-0.25, -0.2) is 23.7 Å². The van der Waals surface area contributed by atoms with Gasteiger partial charge < -0.3 is 5.32 Å². The first-order valence-corrected chi connectivity index (χ1v) is 8.68. The largest absolute Gasteiger partial charge is 0.322 e. The molecule has 0 amide bonds. The van der Waals surface area contributed by atoms with Crippen molar-refractivity contribution >= 4 is 31.9 Å². The van der Waals surface area contributed by atoms with E-state index in [1.54, 1.807) is 0 Å². The number of nitrogens with one attached hydrogen (secondary N) is 1. The lowest BCUT2D eigenvalue weighted by Gasteiger charge is -2.15. The van der Waals surface area contributed by atoms with E-state index in [9.17, 15) is 30.2 Å². The van der Waals surface area contributed by atoms with E-state index in [4.69, 9.17) is 4.55 Å². The Hall–Kier alpha value is -2.29. The number of aromatic nitrogens is 3. The second-order valence-corrected chi connectivity index (χ2v) is 7.04. The van der Waals surface area contributed by atoms with Crippen LogP contribution in [0.15, 0.2) is 22.4 Å². The molecule has 0 unspecified atom stereocenters. The molecule has 2 aromatic rings. The highest BCUT2D eigenvalue weighted by atomic mass is 32.2. The molecular formula is C10H8F2N4O6S2. The van der Waals surface area contributed by atoms with Crippen LogP contribution in [0.25, 0.3) is 0 Å². The lowest BCUT2D eigenvalue weighted by molar-refractivity contribution is 0.441. The third kappa shape index (κ3) is 3.30. The fraction of sp³-hybridized carbons (Fsp3) is 0.100. The Morgan fingerprint density at radius 2 is 1.46 bits per heavy atom. The summed E-state index contributed by atoms with van der Waals surface area (Å²) < 4.78 is 91.6. The van der Waals surface area contributed by atoms with Crippen LogP contribution in [0.4, 0.5) is 20.4 Å². The lowest BCUT2D eigenvalue weighted by Crippen LogP contribution is -2.16. The third-order valence-corrected chi connectivity index (χ3v) is 4.55. The van der Waals surface area contributed by atoms with E-state index in [1.165, 1.54) is 0 Å². The van der Waals surface area contributed by atoms with Gasteiger partial charge in [0.15, 0.2) is 21.4 Å². The fourth-order valence-corrected chi connectivity index (χ4v) is 3.36. The quantitative estimate of drug-likeness (QED) is 0.642. The van der Waals surface area contributed by atoms with Gasteiger partial charge in [0.2, 0.25) is 5.95 Å². The number of halogens is 2. The van der Waals surface area contributed by atoms with Crippen LogP contribution in [0, 0.1) is 18.6 Å². The predicted molar refractivity (Wildman–Crippen MR) is 73.8 cm³/mol. The average Bonchev–Trinajstić information content (AvgIpc) is 2.42. The molecule has 0 aliphatic carbocycles. The first-order chi connectivity index (χ1) is 10.9. The summed E-state index contributed by atoms with van der Waals surface area (Å²) in [5, 5.41) is 2.15. The zero-order valence-corrected chi connectivity index (χ0v) is 13.2. The van der Waals surface area contributed by atoms with Crippen LogP contribution in [0.3, 0.4) is 0 Å². The van der Waals surface area contributed by atoms with Gasteiger partial charge in [0.1, 0.15) is 12.7 Å². The van der Waals surface area contributed by atoms with Crippen molar-refractivity contribution in [1.82, 2.24) is 15.0 Å². The van der Waals surface area contributed by atoms with Gasteiger partial charge in [-0.15, -0.1) is 0 Å².